The second-order valence-corrected chi connectivity index (χ2v) is 8.81. The maximum atomic E-state index is 14.6. The minimum atomic E-state index is -1.01. The van der Waals surface area contributed by atoms with E-state index in [1.54, 1.807) is 43.3 Å². The Kier molecular flexibility index (Phi) is 8.91. The highest BCUT2D eigenvalue weighted by Gasteiger charge is 2.17. The van der Waals surface area contributed by atoms with Crippen LogP contribution in [0.3, 0.4) is 0 Å². The number of carbonyl (C=O) groups excluding carboxylic acids is 1. The van der Waals surface area contributed by atoms with E-state index in [0.717, 1.165) is 21.6 Å². The molecule has 3 aromatic rings. The zero-order chi connectivity index (χ0) is 26.2. The zero-order valence-corrected chi connectivity index (χ0v) is 21.1. The van der Waals surface area contributed by atoms with Gasteiger partial charge in [0.25, 0.3) is 0 Å². The molecular formula is C28H27FN2O4S. The molecule has 186 valence electrons. The van der Waals surface area contributed by atoms with E-state index in [4.69, 9.17) is 9.84 Å². The Balaban J connectivity index is 1.77. The predicted octanol–water partition coefficient (Wildman–Crippen LogP) is 7.18. The van der Waals surface area contributed by atoms with Crippen molar-refractivity contribution in [2.75, 3.05) is 11.9 Å². The molecule has 2 N–H and O–H groups in total. The molecule has 1 heterocycles. The maximum Gasteiger partial charge on any atom is 0.412 e. The number of allylic oxidation sites excluding steroid dienone is 3. The number of nitrogens with zero attached hydrogens (tertiary/aromatic N) is 1. The van der Waals surface area contributed by atoms with E-state index in [2.05, 4.69) is 16.3 Å². The standard InChI is InChI=1S/C28H27FN2O4S/c1-5-7-22(17(3)6-2)16-35-28(34)30-26-18(4)31-36-27(26)21-11-9-20(10-12-21)23-13-8-19(14-24(23)29)15-25(32)33/h5-14H,1,15-16H2,2-4H3,(H,30,34)(H,32,33)/b17-6-,22-7-. The lowest BCUT2D eigenvalue weighted by atomic mass is 10.0. The second kappa shape index (κ2) is 12.1. The molecule has 1 aromatic heterocycles. The number of hydrogen-bond donors (Lipinski definition) is 2. The Hall–Kier alpha value is -4.04. The monoisotopic (exact) mass is 506 g/mol. The molecule has 0 spiro atoms. The third kappa shape index (κ3) is 6.55. The molecule has 0 aliphatic rings. The van der Waals surface area contributed by atoms with Gasteiger partial charge in [0, 0.05) is 5.56 Å². The SMILES string of the molecule is C=C/C=C(COC(=O)Nc1c(C)nsc1-c1ccc(-c2ccc(CC(=O)O)cc2F)cc1)\C(C)=C/C. The van der Waals surface area contributed by atoms with Gasteiger partial charge in [-0.15, -0.1) is 0 Å². The number of rotatable bonds is 9. The van der Waals surface area contributed by atoms with Crippen LogP contribution in [-0.2, 0) is 16.0 Å². The minimum absolute atomic E-state index is 0.103. The number of carboxylic acid groups (broad SMARTS) is 1. The number of nitrogens with one attached hydrogen (secondary N) is 1. The van der Waals surface area contributed by atoms with Crippen LogP contribution in [0.4, 0.5) is 14.9 Å². The largest absolute Gasteiger partial charge is 0.481 e. The summed E-state index contributed by atoms with van der Waals surface area (Å²) >= 11 is 1.24. The Morgan fingerprint density at radius 1 is 1.19 bits per heavy atom. The van der Waals surface area contributed by atoms with Gasteiger partial charge in [-0.3, -0.25) is 10.1 Å². The smallest absolute Gasteiger partial charge is 0.412 e. The maximum absolute atomic E-state index is 14.6. The molecule has 0 fully saturated rings. The van der Waals surface area contributed by atoms with Crippen LogP contribution >= 0.6 is 11.5 Å². The summed E-state index contributed by atoms with van der Waals surface area (Å²) in [7, 11) is 0. The van der Waals surface area contributed by atoms with Crippen molar-refractivity contribution in [2.45, 2.75) is 27.2 Å². The molecule has 0 aliphatic heterocycles. The summed E-state index contributed by atoms with van der Waals surface area (Å²) in [6, 6.07) is 11.6. The highest BCUT2D eigenvalue weighted by Crippen LogP contribution is 2.36. The number of aryl methyl sites for hydroxylation is 1. The lowest BCUT2D eigenvalue weighted by molar-refractivity contribution is -0.136. The van der Waals surface area contributed by atoms with Crippen molar-refractivity contribution in [3.05, 3.63) is 95.5 Å². The van der Waals surface area contributed by atoms with Gasteiger partial charge >= 0.3 is 12.1 Å². The fourth-order valence-corrected chi connectivity index (χ4v) is 4.35. The number of benzene rings is 2. The summed E-state index contributed by atoms with van der Waals surface area (Å²) in [5.41, 5.74) is 5.27. The molecule has 3 rings (SSSR count). The number of aliphatic carboxylic acids is 1. The van der Waals surface area contributed by atoms with Crippen LogP contribution in [0.15, 0.2) is 78.4 Å². The van der Waals surface area contributed by atoms with Crippen molar-refractivity contribution >= 4 is 29.3 Å². The summed E-state index contributed by atoms with van der Waals surface area (Å²) in [4.78, 5) is 24.1. The van der Waals surface area contributed by atoms with Crippen molar-refractivity contribution in [1.29, 1.82) is 0 Å². The molecule has 0 atom stereocenters. The number of aromatic nitrogens is 1. The minimum Gasteiger partial charge on any atom is -0.481 e. The third-order valence-electron chi connectivity index (χ3n) is 5.55. The van der Waals surface area contributed by atoms with E-state index >= 15 is 0 Å². The summed E-state index contributed by atoms with van der Waals surface area (Å²) in [5, 5.41) is 11.7. The number of carboxylic acids is 1. The summed E-state index contributed by atoms with van der Waals surface area (Å²) < 4.78 is 24.4. The number of hydrogen-bond acceptors (Lipinski definition) is 5. The van der Waals surface area contributed by atoms with Crippen LogP contribution < -0.4 is 5.32 Å². The lowest BCUT2D eigenvalue weighted by Gasteiger charge is -2.11. The van der Waals surface area contributed by atoms with Crippen LogP contribution in [0.25, 0.3) is 21.6 Å². The molecule has 8 heteroatoms. The van der Waals surface area contributed by atoms with Crippen molar-refractivity contribution in [3.63, 3.8) is 0 Å². The molecule has 0 saturated heterocycles. The van der Waals surface area contributed by atoms with Crippen molar-refractivity contribution < 1.29 is 23.8 Å². The normalized spacial score (nSPS) is 11.8. The number of anilines is 1. The molecular weight excluding hydrogens is 479 g/mol. The molecule has 0 unspecified atom stereocenters. The Bertz CT molecular complexity index is 1340. The summed E-state index contributed by atoms with van der Waals surface area (Å²) in [5.74, 6) is -1.50. The third-order valence-corrected chi connectivity index (χ3v) is 6.54. The van der Waals surface area contributed by atoms with Gasteiger partial charge in [-0.2, -0.15) is 4.37 Å². The summed E-state index contributed by atoms with van der Waals surface area (Å²) in [6.07, 6.45) is 4.55. The fourth-order valence-electron chi connectivity index (χ4n) is 3.49. The Labute approximate surface area is 213 Å². The van der Waals surface area contributed by atoms with Gasteiger partial charge in [-0.25, -0.2) is 9.18 Å². The van der Waals surface area contributed by atoms with Crippen LogP contribution in [0.1, 0.15) is 25.1 Å². The second-order valence-electron chi connectivity index (χ2n) is 8.03. The van der Waals surface area contributed by atoms with E-state index in [0.29, 0.717) is 28.1 Å². The average molecular weight is 507 g/mol. The Morgan fingerprint density at radius 3 is 2.50 bits per heavy atom. The molecule has 0 radical (unpaired) electrons. The number of ether oxygens (including phenoxy) is 1. The van der Waals surface area contributed by atoms with E-state index < -0.39 is 17.9 Å². The number of amides is 1. The van der Waals surface area contributed by atoms with Gasteiger partial charge in [0.1, 0.15) is 12.4 Å². The highest BCUT2D eigenvalue weighted by atomic mass is 32.1. The first-order valence-electron chi connectivity index (χ1n) is 11.2. The van der Waals surface area contributed by atoms with Gasteiger partial charge in [-0.05, 0) is 66.2 Å². The highest BCUT2D eigenvalue weighted by molar-refractivity contribution is 7.10. The summed E-state index contributed by atoms with van der Waals surface area (Å²) in [6.45, 7) is 9.44. The van der Waals surface area contributed by atoms with Gasteiger partial charge in [0.05, 0.1) is 22.7 Å². The van der Waals surface area contributed by atoms with Crippen LogP contribution in [0.5, 0.6) is 0 Å². The van der Waals surface area contributed by atoms with Crippen molar-refractivity contribution in [3.8, 4) is 21.6 Å². The first kappa shape index (κ1) is 26.6. The van der Waals surface area contributed by atoms with Crippen molar-refractivity contribution in [2.24, 2.45) is 0 Å². The van der Waals surface area contributed by atoms with Crippen molar-refractivity contribution in [1.82, 2.24) is 4.37 Å². The average Bonchev–Trinajstić information content (AvgIpc) is 3.21. The lowest BCUT2D eigenvalue weighted by Crippen LogP contribution is -2.16. The fraction of sp³-hybridized carbons (Fsp3) is 0.179. The quantitative estimate of drug-likeness (QED) is 0.300. The van der Waals surface area contributed by atoms with E-state index in [-0.39, 0.29) is 13.0 Å². The van der Waals surface area contributed by atoms with E-state index in [1.165, 1.54) is 17.6 Å². The van der Waals surface area contributed by atoms with Crippen LogP contribution in [-0.4, -0.2) is 28.1 Å². The van der Waals surface area contributed by atoms with Gasteiger partial charge < -0.3 is 9.84 Å². The molecule has 1 amide bonds. The first-order valence-corrected chi connectivity index (χ1v) is 12.0. The van der Waals surface area contributed by atoms with Gasteiger partial charge in [0.2, 0.25) is 0 Å². The van der Waals surface area contributed by atoms with Gasteiger partial charge in [-0.1, -0.05) is 61.2 Å². The molecule has 0 aliphatic carbocycles. The van der Waals surface area contributed by atoms with Crippen LogP contribution in [0.2, 0.25) is 0 Å². The number of carbonyl (C=O) groups is 2. The predicted molar refractivity (Wildman–Crippen MR) is 142 cm³/mol. The first-order chi connectivity index (χ1) is 17.2. The van der Waals surface area contributed by atoms with Crippen LogP contribution in [0, 0.1) is 12.7 Å². The molecule has 0 bridgehead atoms. The topological polar surface area (TPSA) is 88.5 Å². The Morgan fingerprint density at radius 2 is 1.89 bits per heavy atom. The molecule has 6 nitrogen and oxygen atoms in total. The zero-order valence-electron chi connectivity index (χ0n) is 20.3. The van der Waals surface area contributed by atoms with Gasteiger partial charge in [0.15, 0.2) is 0 Å². The van der Waals surface area contributed by atoms with E-state index in [9.17, 15) is 14.0 Å². The molecule has 2 aromatic carbocycles. The molecule has 0 saturated carbocycles. The number of halogens is 1. The molecule has 36 heavy (non-hydrogen) atoms. The van der Waals surface area contributed by atoms with E-state index in [1.807, 2.05) is 32.1 Å².